The van der Waals surface area contributed by atoms with Crippen LogP contribution in [-0.4, -0.2) is 34.5 Å². The maximum atomic E-state index is 12.2. The van der Waals surface area contributed by atoms with Crippen LogP contribution in [-0.2, 0) is 4.79 Å². The van der Waals surface area contributed by atoms with E-state index in [4.69, 9.17) is 11.5 Å². The molecule has 8 nitrogen and oxygen atoms in total. The lowest BCUT2D eigenvalue weighted by Crippen LogP contribution is -2.63. The summed E-state index contributed by atoms with van der Waals surface area (Å²) in [5.74, 6) is -0.228. The van der Waals surface area contributed by atoms with Gasteiger partial charge in [-0.25, -0.2) is 4.99 Å². The van der Waals surface area contributed by atoms with Crippen LogP contribution in [0.15, 0.2) is 34.7 Å². The third kappa shape index (κ3) is 4.89. The van der Waals surface area contributed by atoms with Crippen LogP contribution in [0.25, 0.3) is 0 Å². The van der Waals surface area contributed by atoms with E-state index in [1.807, 2.05) is 32.9 Å². The summed E-state index contributed by atoms with van der Waals surface area (Å²) >= 11 is 0. The van der Waals surface area contributed by atoms with Gasteiger partial charge in [-0.2, -0.15) is 0 Å². The van der Waals surface area contributed by atoms with Gasteiger partial charge in [0.1, 0.15) is 11.4 Å². The summed E-state index contributed by atoms with van der Waals surface area (Å²) in [6.45, 7) is 5.82. The fraction of sp³-hybridized carbons (Fsp3) is 0.524. The van der Waals surface area contributed by atoms with Gasteiger partial charge in [-0.1, -0.05) is 13.0 Å². The molecule has 0 bridgehead atoms. The fourth-order valence-corrected chi connectivity index (χ4v) is 3.79. The molecule has 0 spiro atoms. The number of nitrogens with one attached hydrogen (secondary N) is 3. The Bertz CT molecular complexity index is 838. The molecule has 29 heavy (non-hydrogen) atoms. The van der Waals surface area contributed by atoms with E-state index in [0.29, 0.717) is 17.9 Å². The molecule has 8 N–H and O–H groups in total. The number of aryl methyl sites for hydroxylation is 1. The minimum Gasteiger partial charge on any atom is -0.398 e. The highest BCUT2D eigenvalue weighted by Crippen LogP contribution is 2.29. The third-order valence-electron chi connectivity index (χ3n) is 5.87. The average Bonchev–Trinajstić information content (AvgIpc) is 2.67. The number of nitrogens with two attached hydrogens (primary N) is 2. The normalized spacial score (nSPS) is 29.4. The highest BCUT2D eigenvalue weighted by Gasteiger charge is 2.37. The Morgan fingerprint density at radius 2 is 2.07 bits per heavy atom. The Kier molecular flexibility index (Phi) is 5.86. The molecule has 0 aromatic heterocycles. The molecular formula is C21H32N6O2. The van der Waals surface area contributed by atoms with Crippen LogP contribution < -0.4 is 27.4 Å². The van der Waals surface area contributed by atoms with Gasteiger partial charge in [0.2, 0.25) is 0 Å². The molecule has 1 aliphatic carbocycles. The highest BCUT2D eigenvalue weighted by molar-refractivity contribution is 5.95. The molecule has 2 aliphatic rings. The smallest absolute Gasteiger partial charge is 0.268 e. The molecule has 0 saturated heterocycles. The van der Waals surface area contributed by atoms with Crippen LogP contribution >= 0.6 is 0 Å². The van der Waals surface area contributed by atoms with Crippen LogP contribution in [0.4, 0.5) is 11.4 Å². The van der Waals surface area contributed by atoms with Gasteiger partial charge in [0.25, 0.3) is 5.91 Å². The van der Waals surface area contributed by atoms with Crippen LogP contribution in [0, 0.1) is 6.92 Å². The van der Waals surface area contributed by atoms with Crippen molar-refractivity contribution in [1.29, 1.82) is 0 Å². The number of hydrogen-bond acceptors (Lipinski definition) is 7. The first-order valence-electron chi connectivity index (χ1n) is 10.1. The van der Waals surface area contributed by atoms with Gasteiger partial charge in [-0.15, -0.1) is 0 Å². The molecule has 3 rings (SSSR count). The van der Waals surface area contributed by atoms with E-state index in [2.05, 4.69) is 20.9 Å². The van der Waals surface area contributed by atoms with Gasteiger partial charge in [0.15, 0.2) is 5.82 Å². The first-order chi connectivity index (χ1) is 13.6. The molecular weight excluding hydrogens is 368 g/mol. The molecule has 1 atom stereocenters. The Balaban J connectivity index is 1.78. The van der Waals surface area contributed by atoms with Crippen LogP contribution in [0.1, 0.15) is 51.5 Å². The van der Waals surface area contributed by atoms with Crippen molar-refractivity contribution in [1.82, 2.24) is 10.6 Å². The zero-order valence-electron chi connectivity index (χ0n) is 17.4. The number of carbonyl (C=O) groups excluding carboxylic acids is 1. The van der Waals surface area contributed by atoms with E-state index in [1.165, 1.54) is 0 Å². The van der Waals surface area contributed by atoms with Gasteiger partial charge in [0, 0.05) is 23.6 Å². The summed E-state index contributed by atoms with van der Waals surface area (Å²) in [5, 5.41) is 20.2. The molecule has 1 unspecified atom stereocenters. The standard InChI is InChI=1S/C21H32N6O2/c1-4-21(26-14-7-9-20(3,29)10-8-14)12-24-19(17(27-21)18(23)28)25-15-6-5-13(2)16(22)11-15/h5-6,11-12,14,25-27,29H,4,7-10,22H2,1-3H3,(H2,23,28)/t14-,20+,21?. The van der Waals surface area contributed by atoms with Gasteiger partial charge in [-0.05, 0) is 63.6 Å². The quantitative estimate of drug-likeness (QED) is 0.402. The minimum absolute atomic E-state index is 0.217. The van der Waals surface area contributed by atoms with Crippen molar-refractivity contribution in [3.05, 3.63) is 35.3 Å². The number of rotatable bonds is 6. The molecule has 158 valence electrons. The number of nitrogens with zero attached hydrogens (tertiary/aromatic N) is 1. The molecule has 1 aromatic rings. The minimum atomic E-state index is -0.671. The van der Waals surface area contributed by atoms with Crippen LogP contribution in [0.3, 0.4) is 0 Å². The Labute approximate surface area is 171 Å². The second kappa shape index (κ2) is 8.04. The molecule has 1 aliphatic heterocycles. The lowest BCUT2D eigenvalue weighted by molar-refractivity contribution is -0.115. The number of benzene rings is 1. The number of primary amides is 1. The van der Waals surface area contributed by atoms with E-state index in [9.17, 15) is 9.90 Å². The summed E-state index contributed by atoms with van der Waals surface area (Å²) in [6.07, 6.45) is 5.64. The fourth-order valence-electron chi connectivity index (χ4n) is 3.79. The van der Waals surface area contributed by atoms with Crippen molar-refractivity contribution in [3.8, 4) is 0 Å². The molecule has 1 fully saturated rings. The number of carbonyl (C=O) groups is 1. The van der Waals surface area contributed by atoms with Crippen molar-refractivity contribution in [3.63, 3.8) is 0 Å². The van der Waals surface area contributed by atoms with Gasteiger partial charge < -0.3 is 27.2 Å². The summed E-state index contributed by atoms with van der Waals surface area (Å²) in [7, 11) is 0. The number of anilines is 2. The molecule has 1 amide bonds. The van der Waals surface area contributed by atoms with E-state index < -0.39 is 17.2 Å². The maximum Gasteiger partial charge on any atom is 0.268 e. The summed E-state index contributed by atoms with van der Waals surface area (Å²) in [4.78, 5) is 16.7. The summed E-state index contributed by atoms with van der Waals surface area (Å²) in [5.41, 5.74) is 12.9. The molecule has 1 saturated carbocycles. The Morgan fingerprint density at radius 1 is 1.38 bits per heavy atom. The van der Waals surface area contributed by atoms with Crippen LogP contribution in [0.5, 0.6) is 0 Å². The number of hydrogen-bond donors (Lipinski definition) is 6. The largest absolute Gasteiger partial charge is 0.398 e. The average molecular weight is 401 g/mol. The Morgan fingerprint density at radius 3 is 2.66 bits per heavy atom. The van der Waals surface area contributed by atoms with E-state index >= 15 is 0 Å². The van der Waals surface area contributed by atoms with Crippen molar-refractivity contribution >= 4 is 23.5 Å². The number of amides is 1. The van der Waals surface area contributed by atoms with E-state index in [-0.39, 0.29) is 11.7 Å². The van der Waals surface area contributed by atoms with Crippen molar-refractivity contribution < 1.29 is 9.90 Å². The van der Waals surface area contributed by atoms with Gasteiger partial charge in [0.05, 0.1) is 5.60 Å². The summed E-state index contributed by atoms with van der Waals surface area (Å²) in [6, 6.07) is 5.79. The van der Waals surface area contributed by atoms with Crippen molar-refractivity contribution in [2.75, 3.05) is 11.1 Å². The van der Waals surface area contributed by atoms with Crippen molar-refractivity contribution in [2.24, 2.45) is 10.7 Å². The van der Waals surface area contributed by atoms with Crippen LogP contribution in [0.2, 0.25) is 0 Å². The lowest BCUT2D eigenvalue weighted by Gasteiger charge is -2.42. The van der Waals surface area contributed by atoms with Crippen molar-refractivity contribution in [2.45, 2.75) is 70.2 Å². The van der Waals surface area contributed by atoms with Gasteiger partial charge in [-0.3, -0.25) is 10.1 Å². The predicted molar refractivity (Wildman–Crippen MR) is 116 cm³/mol. The third-order valence-corrected chi connectivity index (χ3v) is 5.87. The SMILES string of the molecule is CCC1(N[C@H]2CC[C@@](C)(O)CC2)C=NC(Nc2ccc(C)c(N)c2)=C(C(N)=O)N1. The van der Waals surface area contributed by atoms with E-state index in [1.54, 1.807) is 12.3 Å². The second-order valence-corrected chi connectivity index (χ2v) is 8.41. The number of aliphatic imine (C=N–C) groups is 1. The second-order valence-electron chi connectivity index (χ2n) is 8.41. The predicted octanol–water partition coefficient (Wildman–Crippen LogP) is 1.71. The molecule has 1 aromatic carbocycles. The zero-order chi connectivity index (χ0) is 21.2. The maximum absolute atomic E-state index is 12.2. The lowest BCUT2D eigenvalue weighted by atomic mass is 9.83. The highest BCUT2D eigenvalue weighted by atomic mass is 16.3. The monoisotopic (exact) mass is 400 g/mol. The topological polar surface area (TPSA) is 138 Å². The first kappa shape index (κ1) is 21.1. The molecule has 0 radical (unpaired) electrons. The Hall–Kier alpha value is -2.58. The van der Waals surface area contributed by atoms with E-state index in [0.717, 1.165) is 36.9 Å². The van der Waals surface area contributed by atoms with Gasteiger partial charge >= 0.3 is 0 Å². The zero-order valence-corrected chi connectivity index (χ0v) is 17.4. The number of nitrogen functional groups attached to an aromatic ring is 1. The summed E-state index contributed by atoms with van der Waals surface area (Å²) < 4.78 is 0. The molecule has 1 heterocycles. The first-order valence-corrected chi connectivity index (χ1v) is 10.1. The molecule has 8 heteroatoms. The number of aliphatic hydroxyl groups is 1.